The van der Waals surface area contributed by atoms with Crippen LogP contribution in [0.25, 0.3) is 0 Å². The molecule has 16 heavy (non-hydrogen) atoms. The Bertz CT molecular complexity index is 231. The molecule has 0 saturated carbocycles. The summed E-state index contributed by atoms with van der Waals surface area (Å²) in [5.41, 5.74) is 0. The Morgan fingerprint density at radius 2 is 1.81 bits per heavy atom. The maximum Gasteiger partial charge on any atom is 0.321 e. The van der Waals surface area contributed by atoms with Gasteiger partial charge in [0.2, 0.25) is 5.91 Å². The summed E-state index contributed by atoms with van der Waals surface area (Å²) >= 11 is 0. The molecule has 0 aromatic carbocycles. The highest BCUT2D eigenvalue weighted by Crippen LogP contribution is 1.98. The lowest BCUT2D eigenvalue weighted by molar-refractivity contribution is -0.121. The minimum absolute atomic E-state index is 0.297. The number of carbonyl (C=O) groups excluding carboxylic acids is 2. The monoisotopic (exact) mass is 229 g/mol. The molecule has 5 heteroatoms. The van der Waals surface area contributed by atoms with Crippen molar-refractivity contribution in [1.82, 2.24) is 16.0 Å². The standard InChI is InChI=1S/C11H23N3O2/c1-5-8(3)7-13-9(4)10(15)14-11(16)12-6-2/h8-9,13H,5-7H2,1-4H3,(H2,12,14,15,16). The Balaban J connectivity index is 3.85. The van der Waals surface area contributed by atoms with Gasteiger partial charge in [-0.15, -0.1) is 0 Å². The molecule has 0 spiro atoms. The first kappa shape index (κ1) is 14.9. The van der Waals surface area contributed by atoms with E-state index in [2.05, 4.69) is 29.8 Å². The van der Waals surface area contributed by atoms with Crippen molar-refractivity contribution in [2.24, 2.45) is 5.92 Å². The molecule has 3 N–H and O–H groups in total. The van der Waals surface area contributed by atoms with Crippen molar-refractivity contribution < 1.29 is 9.59 Å². The highest BCUT2D eigenvalue weighted by atomic mass is 16.2. The molecule has 3 amide bonds. The molecule has 0 heterocycles. The van der Waals surface area contributed by atoms with Gasteiger partial charge in [-0.05, 0) is 26.3 Å². The van der Waals surface area contributed by atoms with Crippen molar-refractivity contribution in [2.45, 2.75) is 40.2 Å². The molecular weight excluding hydrogens is 206 g/mol. The second kappa shape index (κ2) is 8.10. The average Bonchev–Trinajstić information content (AvgIpc) is 2.25. The third-order valence-corrected chi connectivity index (χ3v) is 2.44. The summed E-state index contributed by atoms with van der Waals surface area (Å²) in [5.74, 6) is 0.231. The average molecular weight is 229 g/mol. The smallest absolute Gasteiger partial charge is 0.321 e. The summed E-state index contributed by atoms with van der Waals surface area (Å²) in [5, 5.41) is 7.87. The van der Waals surface area contributed by atoms with E-state index >= 15 is 0 Å². The van der Waals surface area contributed by atoms with Crippen LogP contribution in [-0.2, 0) is 4.79 Å². The van der Waals surface area contributed by atoms with Crippen molar-refractivity contribution in [1.29, 1.82) is 0 Å². The molecule has 2 unspecified atom stereocenters. The van der Waals surface area contributed by atoms with E-state index in [1.54, 1.807) is 13.8 Å². The van der Waals surface area contributed by atoms with Crippen molar-refractivity contribution in [3.63, 3.8) is 0 Å². The van der Waals surface area contributed by atoms with Gasteiger partial charge in [-0.2, -0.15) is 0 Å². The zero-order valence-electron chi connectivity index (χ0n) is 10.6. The Hall–Kier alpha value is -1.10. The molecule has 0 aromatic rings. The summed E-state index contributed by atoms with van der Waals surface area (Å²) < 4.78 is 0. The van der Waals surface area contributed by atoms with Gasteiger partial charge in [0.1, 0.15) is 0 Å². The molecular formula is C11H23N3O2. The third-order valence-electron chi connectivity index (χ3n) is 2.44. The topological polar surface area (TPSA) is 70.2 Å². The SMILES string of the molecule is CCNC(=O)NC(=O)C(C)NCC(C)CC. The van der Waals surface area contributed by atoms with E-state index in [1.165, 1.54) is 0 Å². The van der Waals surface area contributed by atoms with Gasteiger partial charge in [-0.1, -0.05) is 20.3 Å². The first-order valence-electron chi connectivity index (χ1n) is 5.83. The van der Waals surface area contributed by atoms with Crippen LogP contribution in [0.4, 0.5) is 4.79 Å². The van der Waals surface area contributed by atoms with Crippen molar-refractivity contribution in [3.05, 3.63) is 0 Å². The second-order valence-electron chi connectivity index (χ2n) is 3.99. The zero-order chi connectivity index (χ0) is 12.6. The normalized spacial score (nSPS) is 14.0. The summed E-state index contributed by atoms with van der Waals surface area (Å²) in [4.78, 5) is 22.6. The molecule has 0 rings (SSSR count). The van der Waals surface area contributed by atoms with Crippen LogP contribution in [0.5, 0.6) is 0 Å². The number of urea groups is 1. The number of hydrogen-bond acceptors (Lipinski definition) is 3. The number of imide groups is 1. The van der Waals surface area contributed by atoms with Crippen LogP contribution in [-0.4, -0.2) is 31.1 Å². The molecule has 0 aliphatic heterocycles. The van der Waals surface area contributed by atoms with Crippen LogP contribution in [0.2, 0.25) is 0 Å². The predicted octanol–water partition coefficient (Wildman–Crippen LogP) is 0.856. The van der Waals surface area contributed by atoms with Gasteiger partial charge in [0, 0.05) is 6.54 Å². The minimum Gasteiger partial charge on any atom is -0.338 e. The number of rotatable bonds is 6. The molecule has 0 aliphatic rings. The summed E-state index contributed by atoms with van der Waals surface area (Å²) in [7, 11) is 0. The molecule has 0 fully saturated rings. The van der Waals surface area contributed by atoms with E-state index in [0.717, 1.165) is 13.0 Å². The van der Waals surface area contributed by atoms with E-state index in [4.69, 9.17) is 0 Å². The van der Waals surface area contributed by atoms with Crippen LogP contribution in [0.1, 0.15) is 34.1 Å². The molecule has 5 nitrogen and oxygen atoms in total. The van der Waals surface area contributed by atoms with Gasteiger partial charge in [-0.25, -0.2) is 4.79 Å². The fourth-order valence-corrected chi connectivity index (χ4v) is 1.04. The third kappa shape index (κ3) is 6.40. The summed E-state index contributed by atoms with van der Waals surface area (Å²) in [6, 6.07) is -0.790. The Kier molecular flexibility index (Phi) is 7.54. The number of hydrogen-bond donors (Lipinski definition) is 3. The first-order valence-corrected chi connectivity index (χ1v) is 5.83. The van der Waals surface area contributed by atoms with Crippen LogP contribution >= 0.6 is 0 Å². The van der Waals surface area contributed by atoms with Crippen LogP contribution < -0.4 is 16.0 Å². The lowest BCUT2D eigenvalue weighted by atomic mass is 10.1. The molecule has 2 atom stereocenters. The van der Waals surface area contributed by atoms with Crippen LogP contribution in [0, 0.1) is 5.92 Å². The van der Waals surface area contributed by atoms with Crippen molar-refractivity contribution in [2.75, 3.05) is 13.1 Å². The fraction of sp³-hybridized carbons (Fsp3) is 0.818. The van der Waals surface area contributed by atoms with Gasteiger partial charge in [0.15, 0.2) is 0 Å². The van der Waals surface area contributed by atoms with Gasteiger partial charge >= 0.3 is 6.03 Å². The van der Waals surface area contributed by atoms with Gasteiger partial charge in [0.25, 0.3) is 0 Å². The van der Waals surface area contributed by atoms with Crippen molar-refractivity contribution in [3.8, 4) is 0 Å². The number of amides is 3. The highest BCUT2D eigenvalue weighted by molar-refractivity contribution is 5.96. The predicted molar refractivity (Wildman–Crippen MR) is 64.1 cm³/mol. The van der Waals surface area contributed by atoms with E-state index < -0.39 is 6.03 Å². The number of carbonyl (C=O) groups is 2. The summed E-state index contributed by atoms with van der Waals surface area (Å²) in [6.45, 7) is 9.05. The molecule has 0 saturated heterocycles. The largest absolute Gasteiger partial charge is 0.338 e. The zero-order valence-corrected chi connectivity index (χ0v) is 10.6. The highest BCUT2D eigenvalue weighted by Gasteiger charge is 2.15. The summed E-state index contributed by atoms with van der Waals surface area (Å²) in [6.07, 6.45) is 1.07. The molecule has 0 bridgehead atoms. The van der Waals surface area contributed by atoms with E-state index in [-0.39, 0.29) is 11.9 Å². The van der Waals surface area contributed by atoms with Gasteiger partial charge in [-0.3, -0.25) is 10.1 Å². The van der Waals surface area contributed by atoms with Crippen LogP contribution in [0.3, 0.4) is 0 Å². The van der Waals surface area contributed by atoms with E-state index in [0.29, 0.717) is 12.5 Å². The Morgan fingerprint density at radius 1 is 1.19 bits per heavy atom. The molecule has 0 aromatic heterocycles. The maximum absolute atomic E-state index is 11.5. The van der Waals surface area contributed by atoms with Gasteiger partial charge in [0.05, 0.1) is 6.04 Å². The van der Waals surface area contributed by atoms with Crippen molar-refractivity contribution >= 4 is 11.9 Å². The molecule has 0 aliphatic carbocycles. The first-order chi connectivity index (χ1) is 7.51. The fourth-order valence-electron chi connectivity index (χ4n) is 1.04. The molecule has 94 valence electrons. The molecule has 0 radical (unpaired) electrons. The second-order valence-corrected chi connectivity index (χ2v) is 3.99. The lowest BCUT2D eigenvalue weighted by Crippen LogP contribution is -2.48. The quantitative estimate of drug-likeness (QED) is 0.632. The lowest BCUT2D eigenvalue weighted by Gasteiger charge is -2.16. The van der Waals surface area contributed by atoms with Gasteiger partial charge < -0.3 is 10.6 Å². The number of nitrogens with one attached hydrogen (secondary N) is 3. The van der Waals surface area contributed by atoms with E-state index in [1.807, 2.05) is 0 Å². The minimum atomic E-state index is -0.440. The van der Waals surface area contributed by atoms with Crippen LogP contribution in [0.15, 0.2) is 0 Å². The van der Waals surface area contributed by atoms with E-state index in [9.17, 15) is 9.59 Å². The maximum atomic E-state index is 11.5. The Morgan fingerprint density at radius 3 is 2.31 bits per heavy atom. The Labute approximate surface area is 97.4 Å².